The van der Waals surface area contributed by atoms with Crippen LogP contribution >= 0.6 is 0 Å². The zero-order chi connectivity index (χ0) is 30.1. The van der Waals surface area contributed by atoms with Gasteiger partial charge >= 0.3 is 0 Å². The monoisotopic (exact) mass is 579 g/mol. The third-order valence-corrected chi connectivity index (χ3v) is 7.71. The van der Waals surface area contributed by atoms with Gasteiger partial charge in [-0.1, -0.05) is 12.1 Å². The van der Waals surface area contributed by atoms with Crippen molar-refractivity contribution in [3.8, 4) is 16.8 Å². The maximum Gasteiger partial charge on any atom is 0.279 e. The molecule has 6 rings (SSSR count). The molecule has 2 N–H and O–H groups in total. The summed E-state index contributed by atoms with van der Waals surface area (Å²) in [5.74, 6) is 0.534. The summed E-state index contributed by atoms with van der Waals surface area (Å²) in [6.45, 7) is 2.64. The summed E-state index contributed by atoms with van der Waals surface area (Å²) < 4.78 is 8.23. The molecular weight excluding hydrogens is 546 g/mol. The Kier molecular flexibility index (Phi) is 7.66. The van der Waals surface area contributed by atoms with Crippen LogP contribution < -0.4 is 26.2 Å². The van der Waals surface area contributed by atoms with Gasteiger partial charge in [-0.15, -0.1) is 0 Å². The minimum absolute atomic E-state index is 0.228. The van der Waals surface area contributed by atoms with Crippen LogP contribution in [0.4, 0.5) is 22.9 Å². The van der Waals surface area contributed by atoms with Crippen LogP contribution in [0.25, 0.3) is 27.6 Å². The van der Waals surface area contributed by atoms with Crippen LogP contribution in [0.1, 0.15) is 5.56 Å². The number of pyridine rings is 2. The molecule has 0 bridgehead atoms. The summed E-state index contributed by atoms with van der Waals surface area (Å²) >= 11 is 0. The van der Waals surface area contributed by atoms with E-state index < -0.39 is 0 Å². The highest BCUT2D eigenvalue weighted by atomic mass is 16.5. The fraction of sp³-hybridized carbons (Fsp3) is 0.250. The number of morpholine rings is 1. The van der Waals surface area contributed by atoms with E-state index in [0.717, 1.165) is 29.9 Å². The van der Waals surface area contributed by atoms with Crippen molar-refractivity contribution in [3.63, 3.8) is 0 Å². The molecule has 1 aliphatic heterocycles. The van der Waals surface area contributed by atoms with Crippen LogP contribution in [0, 0.1) is 0 Å². The topological polar surface area (TPSA) is 118 Å². The van der Waals surface area contributed by atoms with E-state index in [1.165, 1.54) is 9.25 Å². The number of anilines is 4. The lowest BCUT2D eigenvalue weighted by atomic mass is 9.99. The minimum Gasteiger partial charge on any atom is -0.392 e. The van der Waals surface area contributed by atoms with E-state index in [4.69, 9.17) is 4.74 Å². The van der Waals surface area contributed by atoms with Gasteiger partial charge in [0, 0.05) is 62.6 Å². The predicted molar refractivity (Wildman–Crippen MR) is 169 cm³/mol. The van der Waals surface area contributed by atoms with Crippen LogP contribution in [-0.4, -0.2) is 64.8 Å². The molecule has 43 heavy (non-hydrogen) atoms. The molecule has 0 radical (unpaired) electrons. The van der Waals surface area contributed by atoms with Gasteiger partial charge in [0.2, 0.25) is 0 Å². The molecule has 0 saturated carbocycles. The molecule has 0 atom stereocenters. The standard InChI is InChI=1S/C32H33N7O4/c1-36(2)23-7-9-26-21(15-23)17-34-39(31(26)41)29-6-4-5-25(27(29)20-40)22-16-28(32(42)37(3)19-22)35-30-10-8-24(18-33-30)38-11-13-43-14-12-38/h4-10,15-19,40H,11-14,20H2,1-3H3,(H,33,35). The fourth-order valence-corrected chi connectivity index (χ4v) is 5.35. The molecule has 5 aromatic rings. The number of benzene rings is 2. The second-order valence-corrected chi connectivity index (χ2v) is 10.7. The lowest BCUT2D eigenvalue weighted by Crippen LogP contribution is -2.36. The first-order valence-corrected chi connectivity index (χ1v) is 14.0. The molecule has 11 heteroatoms. The number of nitrogens with one attached hydrogen (secondary N) is 1. The zero-order valence-electron chi connectivity index (χ0n) is 24.3. The normalized spacial score (nSPS) is 13.3. The Morgan fingerprint density at radius 2 is 1.81 bits per heavy atom. The molecule has 1 aliphatic rings. The Labute approximate surface area is 248 Å². The van der Waals surface area contributed by atoms with Crippen LogP contribution in [0.2, 0.25) is 0 Å². The molecule has 1 fully saturated rings. The van der Waals surface area contributed by atoms with Gasteiger partial charge in [0.15, 0.2) is 0 Å². The summed E-state index contributed by atoms with van der Waals surface area (Å²) in [4.78, 5) is 35.3. The van der Waals surface area contributed by atoms with Crippen molar-refractivity contribution in [2.45, 2.75) is 6.61 Å². The largest absolute Gasteiger partial charge is 0.392 e. The summed E-state index contributed by atoms with van der Waals surface area (Å²) in [5, 5.41) is 19.4. The molecule has 0 amide bonds. The lowest BCUT2D eigenvalue weighted by Gasteiger charge is -2.28. The molecule has 1 saturated heterocycles. The second kappa shape index (κ2) is 11.7. The third kappa shape index (κ3) is 5.47. The Morgan fingerprint density at radius 1 is 1.00 bits per heavy atom. The van der Waals surface area contributed by atoms with E-state index in [-0.39, 0.29) is 17.7 Å². The van der Waals surface area contributed by atoms with Gasteiger partial charge in [0.05, 0.1) is 49.0 Å². The van der Waals surface area contributed by atoms with Crippen molar-refractivity contribution in [3.05, 3.63) is 99.5 Å². The van der Waals surface area contributed by atoms with Gasteiger partial charge in [0.25, 0.3) is 11.1 Å². The van der Waals surface area contributed by atoms with Crippen LogP contribution in [0.5, 0.6) is 0 Å². The van der Waals surface area contributed by atoms with E-state index in [9.17, 15) is 14.7 Å². The number of nitrogens with zero attached hydrogens (tertiary/aromatic N) is 6. The highest BCUT2D eigenvalue weighted by Crippen LogP contribution is 2.30. The van der Waals surface area contributed by atoms with Crippen molar-refractivity contribution < 1.29 is 9.84 Å². The number of aryl methyl sites for hydroxylation is 1. The minimum atomic E-state index is -0.340. The van der Waals surface area contributed by atoms with Gasteiger partial charge in [-0.2, -0.15) is 9.78 Å². The molecule has 0 unspecified atom stereocenters. The summed E-state index contributed by atoms with van der Waals surface area (Å²) in [6, 6.07) is 16.6. The van der Waals surface area contributed by atoms with Gasteiger partial charge in [0.1, 0.15) is 11.5 Å². The number of aromatic nitrogens is 4. The van der Waals surface area contributed by atoms with Crippen molar-refractivity contribution in [1.82, 2.24) is 19.3 Å². The predicted octanol–water partition coefficient (Wildman–Crippen LogP) is 3.28. The second-order valence-electron chi connectivity index (χ2n) is 10.7. The molecule has 11 nitrogen and oxygen atoms in total. The number of hydrogen-bond acceptors (Lipinski definition) is 9. The summed E-state index contributed by atoms with van der Waals surface area (Å²) in [5.41, 5.74) is 4.11. The SMILES string of the molecule is CN(C)c1ccc2c(=O)n(-c3cccc(-c4cc(Nc5ccc(N6CCOCC6)cn5)c(=O)n(C)c4)c3CO)ncc2c1. The number of ether oxygens (including phenoxy) is 1. The molecule has 0 spiro atoms. The average molecular weight is 580 g/mol. The molecule has 2 aromatic carbocycles. The van der Waals surface area contributed by atoms with E-state index in [0.29, 0.717) is 52.5 Å². The summed E-state index contributed by atoms with van der Waals surface area (Å²) in [7, 11) is 5.55. The first-order valence-electron chi connectivity index (χ1n) is 14.0. The highest BCUT2D eigenvalue weighted by molar-refractivity contribution is 5.85. The Balaban J connectivity index is 1.36. The maximum absolute atomic E-state index is 13.5. The number of aliphatic hydroxyl groups is 1. The highest BCUT2D eigenvalue weighted by Gasteiger charge is 2.17. The Bertz CT molecular complexity index is 1910. The van der Waals surface area contributed by atoms with Crippen molar-refractivity contribution in [2.75, 3.05) is 55.5 Å². The van der Waals surface area contributed by atoms with Gasteiger partial charge in [-0.05, 0) is 48.0 Å². The number of aliphatic hydroxyl groups excluding tert-OH is 1. The first-order chi connectivity index (χ1) is 20.8. The van der Waals surface area contributed by atoms with Gasteiger partial charge in [-0.3, -0.25) is 9.59 Å². The number of hydrogen-bond donors (Lipinski definition) is 2. The first kappa shape index (κ1) is 28.1. The molecular formula is C32H33N7O4. The Morgan fingerprint density at radius 3 is 2.53 bits per heavy atom. The van der Waals surface area contributed by atoms with E-state index in [2.05, 4.69) is 20.3 Å². The summed E-state index contributed by atoms with van der Waals surface area (Å²) in [6.07, 6.45) is 5.15. The van der Waals surface area contributed by atoms with Gasteiger partial charge < -0.3 is 29.5 Å². The quantitative estimate of drug-likeness (QED) is 0.300. The third-order valence-electron chi connectivity index (χ3n) is 7.71. The smallest absolute Gasteiger partial charge is 0.279 e. The lowest BCUT2D eigenvalue weighted by molar-refractivity contribution is 0.122. The average Bonchev–Trinajstić information content (AvgIpc) is 3.03. The Hall–Kier alpha value is -5.00. The van der Waals surface area contributed by atoms with E-state index in [1.54, 1.807) is 49.9 Å². The number of rotatable bonds is 7. The molecule has 4 heterocycles. The van der Waals surface area contributed by atoms with Crippen LogP contribution in [-0.2, 0) is 18.4 Å². The van der Waals surface area contributed by atoms with Crippen molar-refractivity contribution in [1.29, 1.82) is 0 Å². The van der Waals surface area contributed by atoms with Crippen LogP contribution in [0.15, 0.2) is 82.8 Å². The molecule has 220 valence electrons. The zero-order valence-corrected chi connectivity index (χ0v) is 24.3. The number of fused-ring (bicyclic) bond motifs is 1. The van der Waals surface area contributed by atoms with Crippen molar-refractivity contribution in [2.24, 2.45) is 7.05 Å². The van der Waals surface area contributed by atoms with Gasteiger partial charge in [-0.25, -0.2) is 4.98 Å². The molecule has 3 aromatic heterocycles. The maximum atomic E-state index is 13.5. The fourth-order valence-electron chi connectivity index (χ4n) is 5.35. The van der Waals surface area contributed by atoms with E-state index >= 15 is 0 Å². The van der Waals surface area contributed by atoms with Crippen molar-refractivity contribution >= 4 is 33.7 Å². The van der Waals surface area contributed by atoms with Crippen LogP contribution in [0.3, 0.4) is 0 Å². The molecule has 0 aliphatic carbocycles. The van der Waals surface area contributed by atoms with E-state index in [1.807, 2.05) is 49.3 Å².